The number of likely N-dealkylation sites (N-methyl/N-ethyl adjacent to an activating group) is 1. The molecule has 0 aromatic heterocycles. The molecule has 2 aromatic rings. The second-order valence-electron chi connectivity index (χ2n) is 5.29. The van der Waals surface area contributed by atoms with E-state index in [1.807, 2.05) is 6.07 Å². The molecule has 0 unspecified atom stereocenters. The van der Waals surface area contributed by atoms with Gasteiger partial charge in [0.05, 0.1) is 31.2 Å². The fourth-order valence-corrected chi connectivity index (χ4v) is 2.74. The normalized spacial score (nSPS) is 11.0. The van der Waals surface area contributed by atoms with Gasteiger partial charge in [-0.15, -0.1) is 0 Å². The Morgan fingerprint density at radius 2 is 1.80 bits per heavy atom. The van der Waals surface area contributed by atoms with Crippen molar-refractivity contribution in [1.29, 1.82) is 0 Å². The molecule has 0 heterocycles. The molecule has 0 spiro atoms. The third kappa shape index (κ3) is 5.20. The SMILES string of the molecule is CNCC(=O)c1cc(Oc2ccccc2)c(NS(C)(=O)=O)cc1OC. The number of nitrogens with one attached hydrogen (secondary N) is 2. The molecule has 8 heteroatoms. The molecule has 0 saturated carbocycles. The maximum atomic E-state index is 12.3. The van der Waals surface area contributed by atoms with Crippen molar-refractivity contribution < 1.29 is 22.7 Å². The third-order valence-corrected chi connectivity index (χ3v) is 3.80. The van der Waals surface area contributed by atoms with Crippen molar-refractivity contribution in [3.8, 4) is 17.2 Å². The fourth-order valence-electron chi connectivity index (χ4n) is 2.18. The molecule has 0 amide bonds. The van der Waals surface area contributed by atoms with Gasteiger partial charge in [-0.25, -0.2) is 8.42 Å². The molecule has 0 aliphatic rings. The third-order valence-electron chi connectivity index (χ3n) is 3.21. The minimum absolute atomic E-state index is 0.111. The zero-order valence-corrected chi connectivity index (χ0v) is 15.0. The van der Waals surface area contributed by atoms with E-state index in [1.165, 1.54) is 19.2 Å². The molecule has 2 aromatic carbocycles. The summed E-state index contributed by atoms with van der Waals surface area (Å²) in [4.78, 5) is 12.3. The van der Waals surface area contributed by atoms with Crippen LogP contribution in [-0.4, -0.2) is 41.2 Å². The summed E-state index contributed by atoms with van der Waals surface area (Å²) < 4.78 is 36.7. The van der Waals surface area contributed by atoms with Crippen molar-refractivity contribution >= 4 is 21.5 Å². The van der Waals surface area contributed by atoms with Crippen LogP contribution in [0.5, 0.6) is 17.2 Å². The van der Waals surface area contributed by atoms with Gasteiger partial charge in [0.25, 0.3) is 0 Å². The zero-order valence-electron chi connectivity index (χ0n) is 14.2. The number of ketones is 1. The van der Waals surface area contributed by atoms with Crippen LogP contribution in [0, 0.1) is 0 Å². The first-order valence-electron chi connectivity index (χ1n) is 7.44. The van der Waals surface area contributed by atoms with Crippen LogP contribution < -0.4 is 19.5 Å². The Labute approximate surface area is 147 Å². The lowest BCUT2D eigenvalue weighted by atomic mass is 10.1. The quantitative estimate of drug-likeness (QED) is 0.698. The average molecular weight is 364 g/mol. The number of ether oxygens (including phenoxy) is 2. The summed E-state index contributed by atoms with van der Waals surface area (Å²) in [5.41, 5.74) is 0.478. The molecule has 134 valence electrons. The van der Waals surface area contributed by atoms with Crippen LogP contribution >= 0.6 is 0 Å². The van der Waals surface area contributed by atoms with Gasteiger partial charge in [-0.3, -0.25) is 9.52 Å². The van der Waals surface area contributed by atoms with Crippen LogP contribution in [0.25, 0.3) is 0 Å². The molecule has 0 bridgehead atoms. The second kappa shape index (κ2) is 8.00. The first-order valence-corrected chi connectivity index (χ1v) is 9.33. The van der Waals surface area contributed by atoms with E-state index in [0.717, 1.165) is 6.26 Å². The van der Waals surface area contributed by atoms with Crippen LogP contribution in [0.4, 0.5) is 5.69 Å². The minimum Gasteiger partial charge on any atom is -0.496 e. The number of sulfonamides is 1. The molecule has 0 fully saturated rings. The van der Waals surface area contributed by atoms with Crippen LogP contribution in [0.2, 0.25) is 0 Å². The van der Waals surface area contributed by atoms with E-state index < -0.39 is 10.0 Å². The van der Waals surface area contributed by atoms with Crippen molar-refractivity contribution in [3.05, 3.63) is 48.0 Å². The molecule has 0 aliphatic carbocycles. The van der Waals surface area contributed by atoms with Crippen molar-refractivity contribution in [2.75, 3.05) is 31.7 Å². The van der Waals surface area contributed by atoms with Gasteiger partial charge in [-0.2, -0.15) is 0 Å². The van der Waals surface area contributed by atoms with E-state index in [0.29, 0.717) is 11.3 Å². The number of carbonyl (C=O) groups is 1. The van der Waals surface area contributed by atoms with Crippen LogP contribution in [-0.2, 0) is 10.0 Å². The molecule has 2 N–H and O–H groups in total. The van der Waals surface area contributed by atoms with Crippen LogP contribution in [0.15, 0.2) is 42.5 Å². The van der Waals surface area contributed by atoms with E-state index >= 15 is 0 Å². The van der Waals surface area contributed by atoms with Gasteiger partial charge in [0.15, 0.2) is 11.5 Å². The van der Waals surface area contributed by atoms with Crippen molar-refractivity contribution in [2.24, 2.45) is 0 Å². The highest BCUT2D eigenvalue weighted by Gasteiger charge is 2.19. The number of Topliss-reactive ketones (excluding diaryl/α,β-unsaturated/α-hetero) is 1. The van der Waals surface area contributed by atoms with E-state index in [9.17, 15) is 13.2 Å². The lowest BCUT2D eigenvalue weighted by Crippen LogP contribution is -2.19. The smallest absolute Gasteiger partial charge is 0.229 e. The number of rotatable bonds is 8. The highest BCUT2D eigenvalue weighted by Crippen LogP contribution is 2.36. The number of anilines is 1. The Morgan fingerprint density at radius 1 is 1.12 bits per heavy atom. The monoisotopic (exact) mass is 364 g/mol. The molecule has 2 rings (SSSR count). The topological polar surface area (TPSA) is 93.7 Å². The lowest BCUT2D eigenvalue weighted by Gasteiger charge is -2.16. The van der Waals surface area contributed by atoms with Gasteiger partial charge in [0.2, 0.25) is 10.0 Å². The highest BCUT2D eigenvalue weighted by atomic mass is 32.2. The molecule has 25 heavy (non-hydrogen) atoms. The first-order chi connectivity index (χ1) is 11.8. The predicted octanol–water partition coefficient (Wildman–Crippen LogP) is 2.26. The van der Waals surface area contributed by atoms with E-state index in [2.05, 4.69) is 10.0 Å². The molecular formula is C17H20N2O5S. The minimum atomic E-state index is -3.54. The average Bonchev–Trinajstić information content (AvgIpc) is 2.55. The Balaban J connectivity index is 2.54. The van der Waals surface area contributed by atoms with Gasteiger partial charge >= 0.3 is 0 Å². The summed E-state index contributed by atoms with van der Waals surface area (Å²) in [7, 11) is -0.475. The summed E-state index contributed by atoms with van der Waals surface area (Å²) in [6, 6.07) is 11.8. The number of hydrogen-bond acceptors (Lipinski definition) is 6. The van der Waals surface area contributed by atoms with Gasteiger partial charge in [0.1, 0.15) is 11.5 Å². The summed E-state index contributed by atoms with van der Waals surface area (Å²) in [6.07, 6.45) is 1.03. The van der Waals surface area contributed by atoms with E-state index in [1.54, 1.807) is 31.3 Å². The second-order valence-corrected chi connectivity index (χ2v) is 7.04. The predicted molar refractivity (Wildman–Crippen MR) is 96.2 cm³/mol. The lowest BCUT2D eigenvalue weighted by molar-refractivity contribution is 0.0990. The number of methoxy groups -OCH3 is 1. The van der Waals surface area contributed by atoms with Crippen LogP contribution in [0.1, 0.15) is 10.4 Å². The van der Waals surface area contributed by atoms with Crippen molar-refractivity contribution in [2.45, 2.75) is 0 Å². The number of benzene rings is 2. The Bertz CT molecular complexity index is 851. The van der Waals surface area contributed by atoms with Crippen LogP contribution in [0.3, 0.4) is 0 Å². The fraction of sp³-hybridized carbons (Fsp3) is 0.235. The molecule has 0 radical (unpaired) electrons. The van der Waals surface area contributed by atoms with Crippen molar-refractivity contribution in [3.63, 3.8) is 0 Å². The van der Waals surface area contributed by atoms with E-state index in [4.69, 9.17) is 9.47 Å². The summed E-state index contributed by atoms with van der Waals surface area (Å²) >= 11 is 0. The van der Waals surface area contributed by atoms with E-state index in [-0.39, 0.29) is 29.5 Å². The summed E-state index contributed by atoms with van der Waals surface area (Å²) in [6.45, 7) is 0.111. The standard InChI is InChI=1S/C17H20N2O5S/c1-18-11-15(20)13-9-17(24-12-7-5-4-6-8-12)14(10-16(13)23-2)19-25(3,21)22/h4-10,18-19H,11H2,1-3H3. The summed E-state index contributed by atoms with van der Waals surface area (Å²) in [5, 5.41) is 2.78. The maximum absolute atomic E-state index is 12.3. The molecule has 0 saturated heterocycles. The van der Waals surface area contributed by atoms with Gasteiger partial charge in [0, 0.05) is 6.07 Å². The Hall–Kier alpha value is -2.58. The number of para-hydroxylation sites is 1. The molecule has 7 nitrogen and oxygen atoms in total. The largest absolute Gasteiger partial charge is 0.496 e. The Morgan fingerprint density at radius 3 is 2.36 bits per heavy atom. The highest BCUT2D eigenvalue weighted by molar-refractivity contribution is 7.92. The summed E-state index contributed by atoms with van der Waals surface area (Å²) in [5.74, 6) is 0.767. The number of carbonyl (C=O) groups excluding carboxylic acids is 1. The van der Waals surface area contributed by atoms with Crippen molar-refractivity contribution in [1.82, 2.24) is 5.32 Å². The first kappa shape index (κ1) is 18.8. The zero-order chi connectivity index (χ0) is 18.4. The molecular weight excluding hydrogens is 344 g/mol. The van der Waals surface area contributed by atoms with Gasteiger partial charge < -0.3 is 14.8 Å². The maximum Gasteiger partial charge on any atom is 0.229 e. The number of hydrogen-bond donors (Lipinski definition) is 2. The Kier molecular flexibility index (Phi) is 6.00. The van der Waals surface area contributed by atoms with Gasteiger partial charge in [-0.05, 0) is 25.2 Å². The van der Waals surface area contributed by atoms with Gasteiger partial charge in [-0.1, -0.05) is 18.2 Å². The molecule has 0 aliphatic heterocycles. The molecule has 0 atom stereocenters.